The van der Waals surface area contributed by atoms with Gasteiger partial charge >= 0.3 is 0 Å². The van der Waals surface area contributed by atoms with E-state index < -0.39 is 0 Å². The fraction of sp³-hybridized carbons (Fsp3) is 0.389. The SMILES string of the molecule is CCCCc1ccc(C(C)c2ccc(OC)cc2)nc1. The van der Waals surface area contributed by atoms with Crippen LogP contribution in [0.5, 0.6) is 5.75 Å². The van der Waals surface area contributed by atoms with Crippen molar-refractivity contribution in [3.05, 3.63) is 59.4 Å². The first-order valence-corrected chi connectivity index (χ1v) is 7.33. The predicted molar refractivity (Wildman–Crippen MR) is 83.4 cm³/mol. The maximum Gasteiger partial charge on any atom is 0.118 e. The number of nitrogens with zero attached hydrogens (tertiary/aromatic N) is 1. The van der Waals surface area contributed by atoms with Crippen molar-refractivity contribution in [1.82, 2.24) is 4.98 Å². The summed E-state index contributed by atoms with van der Waals surface area (Å²) in [4.78, 5) is 4.62. The van der Waals surface area contributed by atoms with Crippen LogP contribution in [0.15, 0.2) is 42.6 Å². The molecule has 0 aliphatic carbocycles. The molecule has 0 bridgehead atoms. The zero-order valence-electron chi connectivity index (χ0n) is 12.6. The first-order valence-electron chi connectivity index (χ1n) is 7.33. The minimum absolute atomic E-state index is 0.307. The average molecular weight is 269 g/mol. The van der Waals surface area contributed by atoms with Crippen molar-refractivity contribution in [2.75, 3.05) is 7.11 Å². The van der Waals surface area contributed by atoms with Crippen molar-refractivity contribution in [3.63, 3.8) is 0 Å². The molecule has 0 saturated carbocycles. The van der Waals surface area contributed by atoms with Gasteiger partial charge in [-0.15, -0.1) is 0 Å². The molecule has 2 heteroatoms. The van der Waals surface area contributed by atoms with Crippen molar-refractivity contribution >= 4 is 0 Å². The van der Waals surface area contributed by atoms with Gasteiger partial charge < -0.3 is 4.74 Å². The second kappa shape index (κ2) is 7.09. The third-order valence-electron chi connectivity index (χ3n) is 3.73. The molecule has 0 N–H and O–H groups in total. The van der Waals surface area contributed by atoms with E-state index in [0.717, 1.165) is 17.9 Å². The van der Waals surface area contributed by atoms with Crippen LogP contribution >= 0.6 is 0 Å². The Balaban J connectivity index is 2.09. The highest BCUT2D eigenvalue weighted by molar-refractivity contribution is 5.33. The molecule has 2 rings (SSSR count). The monoisotopic (exact) mass is 269 g/mol. The molecule has 106 valence electrons. The zero-order chi connectivity index (χ0) is 14.4. The number of ether oxygens (including phenoxy) is 1. The molecule has 2 aromatic rings. The lowest BCUT2D eigenvalue weighted by atomic mass is 9.96. The van der Waals surface area contributed by atoms with Gasteiger partial charge in [-0.3, -0.25) is 4.98 Å². The lowest BCUT2D eigenvalue weighted by Gasteiger charge is -2.12. The maximum atomic E-state index is 5.19. The Morgan fingerprint density at radius 1 is 1.10 bits per heavy atom. The topological polar surface area (TPSA) is 22.1 Å². The number of methoxy groups -OCH3 is 1. The van der Waals surface area contributed by atoms with E-state index in [2.05, 4.69) is 43.1 Å². The molecule has 0 aliphatic heterocycles. The molecule has 0 aliphatic rings. The van der Waals surface area contributed by atoms with E-state index in [0.29, 0.717) is 5.92 Å². The van der Waals surface area contributed by atoms with Crippen LogP contribution in [0.25, 0.3) is 0 Å². The van der Waals surface area contributed by atoms with E-state index >= 15 is 0 Å². The van der Waals surface area contributed by atoms with Gasteiger partial charge in [0, 0.05) is 17.8 Å². The fourth-order valence-corrected chi connectivity index (χ4v) is 2.28. The normalized spacial score (nSPS) is 12.2. The highest BCUT2D eigenvalue weighted by Crippen LogP contribution is 2.24. The number of rotatable bonds is 6. The molecule has 0 radical (unpaired) electrons. The van der Waals surface area contributed by atoms with Crippen LogP contribution in [0.2, 0.25) is 0 Å². The second-order valence-electron chi connectivity index (χ2n) is 5.19. The lowest BCUT2D eigenvalue weighted by molar-refractivity contribution is 0.414. The smallest absolute Gasteiger partial charge is 0.118 e. The van der Waals surface area contributed by atoms with Crippen molar-refractivity contribution in [3.8, 4) is 5.75 Å². The quantitative estimate of drug-likeness (QED) is 0.765. The van der Waals surface area contributed by atoms with Gasteiger partial charge in [-0.25, -0.2) is 0 Å². The summed E-state index contributed by atoms with van der Waals surface area (Å²) in [5, 5.41) is 0. The number of hydrogen-bond donors (Lipinski definition) is 0. The number of unbranched alkanes of at least 4 members (excludes halogenated alkanes) is 1. The summed E-state index contributed by atoms with van der Waals surface area (Å²) in [6, 6.07) is 12.6. The molecule has 1 aromatic carbocycles. The summed E-state index contributed by atoms with van der Waals surface area (Å²) in [6.45, 7) is 4.41. The predicted octanol–water partition coefficient (Wildman–Crippen LogP) is 4.58. The summed E-state index contributed by atoms with van der Waals surface area (Å²) in [7, 11) is 1.69. The van der Waals surface area contributed by atoms with E-state index in [1.165, 1.54) is 24.0 Å². The van der Waals surface area contributed by atoms with E-state index in [-0.39, 0.29) is 0 Å². The van der Waals surface area contributed by atoms with Gasteiger partial charge in [-0.05, 0) is 42.2 Å². The maximum absolute atomic E-state index is 5.19. The fourth-order valence-electron chi connectivity index (χ4n) is 2.28. The minimum Gasteiger partial charge on any atom is -0.497 e. The highest BCUT2D eigenvalue weighted by atomic mass is 16.5. The highest BCUT2D eigenvalue weighted by Gasteiger charge is 2.09. The van der Waals surface area contributed by atoms with Crippen LogP contribution in [0.4, 0.5) is 0 Å². The number of pyridine rings is 1. The van der Waals surface area contributed by atoms with Gasteiger partial charge in [-0.1, -0.05) is 38.5 Å². The summed E-state index contributed by atoms with van der Waals surface area (Å²) in [5.41, 5.74) is 3.72. The first kappa shape index (κ1) is 14.6. The molecule has 1 unspecified atom stereocenters. The van der Waals surface area contributed by atoms with E-state index in [1.54, 1.807) is 7.11 Å². The Labute approximate surface area is 121 Å². The van der Waals surface area contributed by atoms with E-state index in [4.69, 9.17) is 4.74 Å². The number of aryl methyl sites for hydroxylation is 1. The molecule has 1 aromatic heterocycles. The first-order chi connectivity index (χ1) is 9.74. The van der Waals surface area contributed by atoms with Crippen LogP contribution < -0.4 is 4.74 Å². The van der Waals surface area contributed by atoms with Crippen LogP contribution in [0, 0.1) is 0 Å². The Kier molecular flexibility index (Phi) is 5.16. The largest absolute Gasteiger partial charge is 0.497 e. The molecule has 2 nitrogen and oxygen atoms in total. The van der Waals surface area contributed by atoms with Crippen molar-refractivity contribution < 1.29 is 4.74 Å². The summed E-state index contributed by atoms with van der Waals surface area (Å²) >= 11 is 0. The van der Waals surface area contributed by atoms with Crippen LogP contribution in [-0.4, -0.2) is 12.1 Å². The van der Waals surface area contributed by atoms with Crippen molar-refractivity contribution in [1.29, 1.82) is 0 Å². The Bertz CT molecular complexity index is 516. The van der Waals surface area contributed by atoms with Gasteiger partial charge in [-0.2, -0.15) is 0 Å². The Hall–Kier alpha value is -1.83. The van der Waals surface area contributed by atoms with E-state index in [1.807, 2.05) is 18.3 Å². The van der Waals surface area contributed by atoms with Gasteiger partial charge in [0.1, 0.15) is 5.75 Å². The molecule has 1 heterocycles. The number of hydrogen-bond acceptors (Lipinski definition) is 2. The average Bonchev–Trinajstić information content (AvgIpc) is 2.53. The molecular formula is C18H23NO. The lowest BCUT2D eigenvalue weighted by Crippen LogP contribution is -2.00. The standard InChI is InChI=1S/C18H23NO/c1-4-5-6-15-7-12-18(19-13-15)14(2)16-8-10-17(20-3)11-9-16/h7-14H,4-6H2,1-3H3. The minimum atomic E-state index is 0.307. The molecule has 0 spiro atoms. The van der Waals surface area contributed by atoms with Gasteiger partial charge in [0.05, 0.1) is 7.11 Å². The second-order valence-corrected chi connectivity index (χ2v) is 5.19. The summed E-state index contributed by atoms with van der Waals surface area (Å²) < 4.78 is 5.19. The van der Waals surface area contributed by atoms with Crippen molar-refractivity contribution in [2.45, 2.75) is 39.0 Å². The molecule has 1 atom stereocenters. The van der Waals surface area contributed by atoms with Crippen LogP contribution in [-0.2, 0) is 6.42 Å². The third-order valence-corrected chi connectivity index (χ3v) is 3.73. The Morgan fingerprint density at radius 2 is 1.85 bits per heavy atom. The summed E-state index contributed by atoms with van der Waals surface area (Å²) in [6.07, 6.45) is 5.60. The van der Waals surface area contributed by atoms with Crippen LogP contribution in [0.1, 0.15) is 49.4 Å². The zero-order valence-corrected chi connectivity index (χ0v) is 12.6. The van der Waals surface area contributed by atoms with Gasteiger partial charge in [0.25, 0.3) is 0 Å². The van der Waals surface area contributed by atoms with E-state index in [9.17, 15) is 0 Å². The van der Waals surface area contributed by atoms with Gasteiger partial charge in [0.2, 0.25) is 0 Å². The van der Waals surface area contributed by atoms with Crippen molar-refractivity contribution in [2.24, 2.45) is 0 Å². The third kappa shape index (κ3) is 3.60. The molecule has 0 amide bonds. The molecule has 0 fully saturated rings. The molecular weight excluding hydrogens is 246 g/mol. The van der Waals surface area contributed by atoms with Gasteiger partial charge in [0.15, 0.2) is 0 Å². The number of benzene rings is 1. The summed E-state index contributed by atoms with van der Waals surface area (Å²) in [5.74, 6) is 1.20. The molecule has 20 heavy (non-hydrogen) atoms. The van der Waals surface area contributed by atoms with Crippen LogP contribution in [0.3, 0.4) is 0 Å². The Morgan fingerprint density at radius 3 is 2.40 bits per heavy atom. The molecule has 0 saturated heterocycles. The number of aromatic nitrogens is 1.